The van der Waals surface area contributed by atoms with Crippen LogP contribution in [0.5, 0.6) is 0 Å². The standard InChI is InChI=1S/C14H16N2O4/c1-15-14(19)20-10-9-16-13(18)12(17)8-7-11-5-3-2-4-6-11/h2-8H,9-10H2,1H3,(H,15,19)(H,16,18)/b8-7+. The molecule has 1 aromatic rings. The molecule has 0 saturated carbocycles. The van der Waals surface area contributed by atoms with Gasteiger partial charge in [0.2, 0.25) is 5.78 Å². The fourth-order valence-electron chi connectivity index (χ4n) is 1.28. The molecule has 0 heterocycles. The smallest absolute Gasteiger partial charge is 0.406 e. The second-order valence-corrected chi connectivity index (χ2v) is 3.75. The van der Waals surface area contributed by atoms with Crippen LogP contribution in [0.25, 0.3) is 6.08 Å². The van der Waals surface area contributed by atoms with Crippen molar-refractivity contribution < 1.29 is 19.1 Å². The first-order valence-electron chi connectivity index (χ1n) is 6.03. The molecule has 0 atom stereocenters. The van der Waals surface area contributed by atoms with Crippen LogP contribution in [0.4, 0.5) is 4.79 Å². The normalized spacial score (nSPS) is 10.1. The van der Waals surface area contributed by atoms with Crippen molar-refractivity contribution in [1.82, 2.24) is 10.6 Å². The Balaban J connectivity index is 2.31. The Morgan fingerprint density at radius 2 is 1.90 bits per heavy atom. The van der Waals surface area contributed by atoms with Crippen molar-refractivity contribution in [2.24, 2.45) is 0 Å². The van der Waals surface area contributed by atoms with E-state index in [1.165, 1.54) is 13.1 Å². The highest BCUT2D eigenvalue weighted by molar-refractivity contribution is 6.41. The molecule has 0 aliphatic rings. The molecule has 0 aliphatic carbocycles. The van der Waals surface area contributed by atoms with Gasteiger partial charge in [-0.25, -0.2) is 4.79 Å². The van der Waals surface area contributed by atoms with E-state index in [0.717, 1.165) is 5.56 Å². The summed E-state index contributed by atoms with van der Waals surface area (Å²) >= 11 is 0. The molecule has 20 heavy (non-hydrogen) atoms. The molecule has 0 aliphatic heterocycles. The van der Waals surface area contributed by atoms with Gasteiger partial charge in [0.05, 0.1) is 6.54 Å². The summed E-state index contributed by atoms with van der Waals surface area (Å²) in [7, 11) is 1.43. The Hall–Kier alpha value is -2.63. The zero-order chi connectivity index (χ0) is 14.8. The van der Waals surface area contributed by atoms with Crippen molar-refractivity contribution in [2.75, 3.05) is 20.2 Å². The Bertz CT molecular complexity index is 497. The average Bonchev–Trinajstić information content (AvgIpc) is 2.49. The van der Waals surface area contributed by atoms with Crippen LogP contribution >= 0.6 is 0 Å². The number of carbonyl (C=O) groups is 3. The summed E-state index contributed by atoms with van der Waals surface area (Å²) in [6.07, 6.45) is 2.17. The van der Waals surface area contributed by atoms with Gasteiger partial charge in [0.15, 0.2) is 0 Å². The third kappa shape index (κ3) is 5.81. The molecule has 0 saturated heterocycles. The summed E-state index contributed by atoms with van der Waals surface area (Å²) in [6, 6.07) is 9.16. The molecule has 1 rings (SSSR count). The number of hydrogen-bond acceptors (Lipinski definition) is 4. The lowest BCUT2D eigenvalue weighted by molar-refractivity contribution is -0.135. The minimum absolute atomic E-state index is 0.00108. The highest BCUT2D eigenvalue weighted by Gasteiger charge is 2.09. The van der Waals surface area contributed by atoms with Crippen molar-refractivity contribution in [2.45, 2.75) is 0 Å². The Kier molecular flexibility index (Phi) is 6.53. The fourth-order valence-corrected chi connectivity index (χ4v) is 1.28. The number of rotatable bonds is 6. The van der Waals surface area contributed by atoms with Crippen LogP contribution < -0.4 is 10.6 Å². The van der Waals surface area contributed by atoms with E-state index in [1.807, 2.05) is 30.3 Å². The molecule has 2 amide bonds. The van der Waals surface area contributed by atoms with Gasteiger partial charge >= 0.3 is 6.09 Å². The van der Waals surface area contributed by atoms with E-state index in [4.69, 9.17) is 0 Å². The van der Waals surface area contributed by atoms with Gasteiger partial charge in [0.1, 0.15) is 6.61 Å². The van der Waals surface area contributed by atoms with Gasteiger partial charge in [-0.1, -0.05) is 36.4 Å². The number of carbonyl (C=O) groups excluding carboxylic acids is 3. The molecule has 6 nitrogen and oxygen atoms in total. The third-order valence-corrected chi connectivity index (χ3v) is 2.28. The second kappa shape index (κ2) is 8.47. The maximum atomic E-state index is 11.5. The number of amides is 2. The van der Waals surface area contributed by atoms with E-state index in [-0.39, 0.29) is 13.2 Å². The summed E-state index contributed by atoms with van der Waals surface area (Å²) in [5.41, 5.74) is 0.830. The van der Waals surface area contributed by atoms with Crippen molar-refractivity contribution >= 4 is 23.9 Å². The Labute approximate surface area is 116 Å². The van der Waals surface area contributed by atoms with E-state index < -0.39 is 17.8 Å². The summed E-state index contributed by atoms with van der Waals surface area (Å²) in [6.45, 7) is 0.0816. The molecule has 2 N–H and O–H groups in total. The Morgan fingerprint density at radius 1 is 1.20 bits per heavy atom. The van der Waals surface area contributed by atoms with Crippen LogP contribution in [0.2, 0.25) is 0 Å². The molecule has 106 valence electrons. The largest absolute Gasteiger partial charge is 0.448 e. The maximum absolute atomic E-state index is 11.5. The molecule has 0 radical (unpaired) electrons. The summed E-state index contributed by atoms with van der Waals surface area (Å²) in [5.74, 6) is -1.40. The molecular formula is C14H16N2O4. The molecule has 1 aromatic carbocycles. The number of benzene rings is 1. The predicted octanol–water partition coefficient (Wildman–Crippen LogP) is 0.741. The predicted molar refractivity (Wildman–Crippen MR) is 73.9 cm³/mol. The van der Waals surface area contributed by atoms with E-state index in [9.17, 15) is 14.4 Å². The monoisotopic (exact) mass is 276 g/mol. The van der Waals surface area contributed by atoms with Crippen molar-refractivity contribution in [3.63, 3.8) is 0 Å². The fraction of sp³-hybridized carbons (Fsp3) is 0.214. The molecule has 0 bridgehead atoms. The second-order valence-electron chi connectivity index (χ2n) is 3.75. The first-order valence-corrected chi connectivity index (χ1v) is 6.03. The van der Waals surface area contributed by atoms with E-state index in [2.05, 4.69) is 15.4 Å². The average molecular weight is 276 g/mol. The molecule has 6 heteroatoms. The van der Waals surface area contributed by atoms with Crippen LogP contribution in [0.15, 0.2) is 36.4 Å². The number of hydrogen-bond donors (Lipinski definition) is 2. The minimum Gasteiger partial charge on any atom is -0.448 e. The first kappa shape index (κ1) is 15.4. The van der Waals surface area contributed by atoms with E-state index in [1.54, 1.807) is 6.08 Å². The molecular weight excluding hydrogens is 260 g/mol. The number of nitrogens with one attached hydrogen (secondary N) is 2. The van der Waals surface area contributed by atoms with E-state index >= 15 is 0 Å². The highest BCUT2D eigenvalue weighted by Crippen LogP contribution is 2.00. The highest BCUT2D eigenvalue weighted by atomic mass is 16.5. The minimum atomic E-state index is -0.738. The van der Waals surface area contributed by atoms with Gasteiger partial charge in [-0.15, -0.1) is 0 Å². The zero-order valence-corrected chi connectivity index (χ0v) is 11.1. The molecule has 0 spiro atoms. The van der Waals surface area contributed by atoms with E-state index in [0.29, 0.717) is 0 Å². The van der Waals surface area contributed by atoms with Gasteiger partial charge in [0.25, 0.3) is 5.91 Å². The van der Waals surface area contributed by atoms with Crippen LogP contribution in [-0.2, 0) is 14.3 Å². The van der Waals surface area contributed by atoms with Gasteiger partial charge in [-0.05, 0) is 11.6 Å². The van der Waals surface area contributed by atoms with Gasteiger partial charge in [-0.3, -0.25) is 9.59 Å². The van der Waals surface area contributed by atoms with Crippen LogP contribution in [0.3, 0.4) is 0 Å². The summed E-state index contributed by atoms with van der Waals surface area (Å²) in [5, 5.41) is 4.62. The van der Waals surface area contributed by atoms with Gasteiger partial charge < -0.3 is 15.4 Å². The lowest BCUT2D eigenvalue weighted by Gasteiger charge is -2.04. The van der Waals surface area contributed by atoms with Crippen LogP contribution in [0.1, 0.15) is 5.56 Å². The van der Waals surface area contributed by atoms with Gasteiger partial charge in [-0.2, -0.15) is 0 Å². The lowest BCUT2D eigenvalue weighted by Crippen LogP contribution is -2.33. The molecule has 0 unspecified atom stereocenters. The number of ether oxygens (including phenoxy) is 1. The SMILES string of the molecule is CNC(=O)OCCNC(=O)C(=O)/C=C/c1ccccc1. The van der Waals surface area contributed by atoms with Crippen molar-refractivity contribution in [3.05, 3.63) is 42.0 Å². The third-order valence-electron chi connectivity index (χ3n) is 2.28. The van der Waals surface area contributed by atoms with Crippen molar-refractivity contribution in [3.8, 4) is 0 Å². The zero-order valence-electron chi connectivity index (χ0n) is 11.1. The number of ketones is 1. The Morgan fingerprint density at radius 3 is 2.55 bits per heavy atom. The van der Waals surface area contributed by atoms with Crippen molar-refractivity contribution in [1.29, 1.82) is 0 Å². The quantitative estimate of drug-likeness (QED) is 0.456. The topological polar surface area (TPSA) is 84.5 Å². The first-order chi connectivity index (χ1) is 9.63. The lowest BCUT2D eigenvalue weighted by atomic mass is 10.2. The molecule has 0 fully saturated rings. The van der Waals surface area contributed by atoms with Crippen LogP contribution in [0, 0.1) is 0 Å². The maximum Gasteiger partial charge on any atom is 0.406 e. The summed E-state index contributed by atoms with van der Waals surface area (Å²) < 4.78 is 4.66. The van der Waals surface area contributed by atoms with Crippen LogP contribution in [-0.4, -0.2) is 38.0 Å². The molecule has 0 aromatic heterocycles. The number of alkyl carbamates (subject to hydrolysis) is 1. The van der Waals surface area contributed by atoms with Gasteiger partial charge in [0, 0.05) is 7.05 Å². The summed E-state index contributed by atoms with van der Waals surface area (Å²) in [4.78, 5) is 33.6.